The van der Waals surface area contributed by atoms with Gasteiger partial charge in [-0.3, -0.25) is 0 Å². The summed E-state index contributed by atoms with van der Waals surface area (Å²) in [5, 5.41) is 2.32. The maximum absolute atomic E-state index is 5.74. The van der Waals surface area contributed by atoms with Crippen LogP contribution in [-0.4, -0.2) is 6.54 Å². The first kappa shape index (κ1) is 23.5. The fourth-order valence-corrected chi connectivity index (χ4v) is 4.46. The fraction of sp³-hybridized carbons (Fsp3) is 0.407. The van der Waals surface area contributed by atoms with Crippen molar-refractivity contribution in [2.45, 2.75) is 66.7 Å². The van der Waals surface area contributed by atoms with E-state index in [1.54, 1.807) is 0 Å². The van der Waals surface area contributed by atoms with Gasteiger partial charge in [0.25, 0.3) is 0 Å². The molecule has 0 bridgehead atoms. The van der Waals surface area contributed by atoms with E-state index in [0.717, 1.165) is 19.3 Å². The van der Waals surface area contributed by atoms with Crippen molar-refractivity contribution in [2.24, 2.45) is 5.73 Å². The molecule has 0 fully saturated rings. The molecule has 2 aromatic carbocycles. The Morgan fingerprint density at radius 3 is 2.24 bits per heavy atom. The molecule has 29 heavy (non-hydrogen) atoms. The lowest BCUT2D eigenvalue weighted by molar-refractivity contribution is 0.866. The fourth-order valence-electron chi connectivity index (χ4n) is 3.51. The van der Waals surface area contributed by atoms with Gasteiger partial charge in [0.05, 0.1) is 0 Å². The molecule has 0 atom stereocenters. The van der Waals surface area contributed by atoms with Crippen LogP contribution in [0.25, 0.3) is 4.91 Å². The maximum atomic E-state index is 5.74. The number of nitrogens with two attached hydrogens (primary N) is 1. The van der Waals surface area contributed by atoms with Gasteiger partial charge < -0.3 is 5.73 Å². The summed E-state index contributed by atoms with van der Waals surface area (Å²) < 4.78 is 0. The van der Waals surface area contributed by atoms with Gasteiger partial charge in [-0.05, 0) is 91.3 Å². The Balaban J connectivity index is 2.14. The standard InChI is InChI=1S/C27H37NS/c1-7-8-27(24-11-9-23(10-12-24)19(2)3)29-18-20(4)15-26-17-21(5)25(13-14-28)16-22(26)6/h8-12,16-19H,7,13-15,28H2,1-6H3/b20-18+,27-8-. The molecule has 0 aromatic heterocycles. The third kappa shape index (κ3) is 6.90. The normalized spacial score (nSPS) is 12.7. The van der Waals surface area contributed by atoms with Crippen LogP contribution < -0.4 is 5.73 Å². The van der Waals surface area contributed by atoms with E-state index in [-0.39, 0.29) is 0 Å². The van der Waals surface area contributed by atoms with E-state index >= 15 is 0 Å². The van der Waals surface area contributed by atoms with Crippen LogP contribution in [0.3, 0.4) is 0 Å². The van der Waals surface area contributed by atoms with Crippen molar-refractivity contribution in [1.82, 2.24) is 0 Å². The number of hydrogen-bond donors (Lipinski definition) is 1. The third-order valence-corrected chi connectivity index (χ3v) is 6.49. The van der Waals surface area contributed by atoms with Crippen LogP contribution in [-0.2, 0) is 12.8 Å². The Labute approximate surface area is 182 Å². The van der Waals surface area contributed by atoms with Crippen molar-refractivity contribution in [3.8, 4) is 0 Å². The molecule has 0 saturated carbocycles. The van der Waals surface area contributed by atoms with Crippen molar-refractivity contribution in [3.05, 3.63) is 86.8 Å². The van der Waals surface area contributed by atoms with E-state index < -0.39 is 0 Å². The molecule has 0 spiro atoms. The van der Waals surface area contributed by atoms with E-state index in [2.05, 4.69) is 89.4 Å². The molecule has 1 nitrogen and oxygen atoms in total. The van der Waals surface area contributed by atoms with E-state index in [4.69, 9.17) is 5.73 Å². The molecule has 156 valence electrons. The lowest BCUT2D eigenvalue weighted by atomic mass is 9.95. The molecule has 0 radical (unpaired) electrons. The quantitative estimate of drug-likeness (QED) is 0.464. The van der Waals surface area contributed by atoms with Crippen LogP contribution in [0.2, 0.25) is 0 Å². The Morgan fingerprint density at radius 1 is 1.03 bits per heavy atom. The zero-order chi connectivity index (χ0) is 21.4. The highest BCUT2D eigenvalue weighted by Gasteiger charge is 2.07. The van der Waals surface area contributed by atoms with Gasteiger partial charge in [-0.25, -0.2) is 0 Å². The van der Waals surface area contributed by atoms with Crippen LogP contribution in [0.5, 0.6) is 0 Å². The Morgan fingerprint density at radius 2 is 1.66 bits per heavy atom. The summed E-state index contributed by atoms with van der Waals surface area (Å²) in [5.41, 5.74) is 15.4. The minimum Gasteiger partial charge on any atom is -0.330 e. The lowest BCUT2D eigenvalue weighted by Gasteiger charge is -2.13. The Hall–Kier alpha value is -1.77. The zero-order valence-electron chi connectivity index (χ0n) is 19.0. The second-order valence-corrected chi connectivity index (χ2v) is 9.17. The minimum absolute atomic E-state index is 0.570. The lowest BCUT2D eigenvalue weighted by Crippen LogP contribution is -2.05. The van der Waals surface area contributed by atoms with Gasteiger partial charge in [-0.2, -0.15) is 0 Å². The van der Waals surface area contributed by atoms with Crippen molar-refractivity contribution < 1.29 is 0 Å². The molecule has 0 heterocycles. The molecule has 0 saturated heterocycles. The van der Waals surface area contributed by atoms with Crippen molar-refractivity contribution in [1.29, 1.82) is 0 Å². The topological polar surface area (TPSA) is 26.0 Å². The van der Waals surface area contributed by atoms with Gasteiger partial charge in [0, 0.05) is 4.91 Å². The molecule has 2 aromatic rings. The summed E-state index contributed by atoms with van der Waals surface area (Å²) >= 11 is 1.84. The van der Waals surface area contributed by atoms with Gasteiger partial charge in [0.1, 0.15) is 0 Å². The molecular formula is C27H37NS. The number of thioether (sulfide) groups is 1. The number of hydrogen-bond acceptors (Lipinski definition) is 2. The number of rotatable bonds is 9. The highest BCUT2D eigenvalue weighted by molar-refractivity contribution is 8.10. The largest absolute Gasteiger partial charge is 0.330 e. The third-order valence-electron chi connectivity index (χ3n) is 5.32. The monoisotopic (exact) mass is 407 g/mol. The molecule has 0 aliphatic carbocycles. The second-order valence-electron chi connectivity index (χ2n) is 8.26. The van der Waals surface area contributed by atoms with Gasteiger partial charge in [0.15, 0.2) is 0 Å². The van der Waals surface area contributed by atoms with Crippen LogP contribution in [0.4, 0.5) is 0 Å². The maximum Gasteiger partial charge on any atom is 0.0148 e. The predicted molar refractivity (Wildman–Crippen MR) is 133 cm³/mol. The van der Waals surface area contributed by atoms with Crippen molar-refractivity contribution in [3.63, 3.8) is 0 Å². The van der Waals surface area contributed by atoms with Gasteiger partial charge in [0.2, 0.25) is 0 Å². The molecular weight excluding hydrogens is 370 g/mol. The summed E-state index contributed by atoms with van der Waals surface area (Å²) in [6.45, 7) is 14.0. The summed E-state index contributed by atoms with van der Waals surface area (Å²) in [6.07, 6.45) is 5.32. The smallest absolute Gasteiger partial charge is 0.0148 e. The van der Waals surface area contributed by atoms with Crippen LogP contribution in [0.1, 0.15) is 73.4 Å². The van der Waals surface area contributed by atoms with Crippen LogP contribution in [0.15, 0.2) is 53.5 Å². The van der Waals surface area contributed by atoms with Crippen LogP contribution in [0, 0.1) is 13.8 Å². The first-order valence-electron chi connectivity index (χ1n) is 10.8. The number of aryl methyl sites for hydroxylation is 2. The second kappa shape index (κ2) is 11.4. The Bertz CT molecular complexity index is 857. The molecule has 0 aliphatic heterocycles. The van der Waals surface area contributed by atoms with Crippen molar-refractivity contribution in [2.75, 3.05) is 6.54 Å². The van der Waals surface area contributed by atoms with E-state index in [1.165, 1.54) is 43.9 Å². The van der Waals surface area contributed by atoms with Gasteiger partial charge >= 0.3 is 0 Å². The van der Waals surface area contributed by atoms with Crippen LogP contribution >= 0.6 is 11.8 Å². The highest BCUT2D eigenvalue weighted by Crippen LogP contribution is 2.31. The van der Waals surface area contributed by atoms with E-state index in [0.29, 0.717) is 12.5 Å². The number of allylic oxidation sites excluding steroid dienone is 2. The SMILES string of the molecule is CC/C=C(\S/C=C(\C)Cc1cc(C)c(CCN)cc1C)c1ccc(C(C)C)cc1. The summed E-state index contributed by atoms with van der Waals surface area (Å²) in [4.78, 5) is 1.34. The Kier molecular flexibility index (Phi) is 9.26. The van der Waals surface area contributed by atoms with E-state index in [1.807, 2.05) is 11.8 Å². The summed E-state index contributed by atoms with van der Waals surface area (Å²) in [5.74, 6) is 0.570. The van der Waals surface area contributed by atoms with E-state index in [9.17, 15) is 0 Å². The molecule has 2 N–H and O–H groups in total. The summed E-state index contributed by atoms with van der Waals surface area (Å²) in [7, 11) is 0. The zero-order valence-corrected chi connectivity index (χ0v) is 19.8. The first-order valence-corrected chi connectivity index (χ1v) is 11.7. The average Bonchev–Trinajstić information content (AvgIpc) is 2.69. The minimum atomic E-state index is 0.570. The number of benzene rings is 2. The predicted octanol–water partition coefficient (Wildman–Crippen LogP) is 7.56. The average molecular weight is 408 g/mol. The summed E-state index contributed by atoms with van der Waals surface area (Å²) in [6, 6.07) is 13.7. The highest BCUT2D eigenvalue weighted by atomic mass is 32.2. The van der Waals surface area contributed by atoms with Crippen molar-refractivity contribution >= 4 is 16.7 Å². The van der Waals surface area contributed by atoms with Gasteiger partial charge in [-0.15, -0.1) is 0 Å². The van der Waals surface area contributed by atoms with Gasteiger partial charge in [-0.1, -0.05) is 80.6 Å². The first-order chi connectivity index (χ1) is 13.8. The molecule has 2 heteroatoms. The molecule has 0 unspecified atom stereocenters. The molecule has 0 aliphatic rings. The molecule has 0 amide bonds. The molecule has 2 rings (SSSR count).